The van der Waals surface area contributed by atoms with Gasteiger partial charge < -0.3 is 19.5 Å². The van der Waals surface area contributed by atoms with Crippen LogP contribution in [0.4, 0.5) is 10.3 Å². The van der Waals surface area contributed by atoms with Gasteiger partial charge in [-0.25, -0.2) is 14.4 Å². The highest BCUT2D eigenvalue weighted by atomic mass is 19.1. The molecule has 4 heterocycles. The third-order valence-corrected chi connectivity index (χ3v) is 9.18. The van der Waals surface area contributed by atoms with E-state index in [2.05, 4.69) is 32.0 Å². The van der Waals surface area contributed by atoms with E-state index in [1.54, 1.807) is 6.20 Å². The van der Waals surface area contributed by atoms with E-state index in [1.807, 2.05) is 11.0 Å². The molecule has 11 heteroatoms. The van der Waals surface area contributed by atoms with Crippen LogP contribution < -0.4 is 15.4 Å². The minimum atomic E-state index is -0.399. The fraction of sp³-hybridized carbons (Fsp3) is 0.562. The number of carbonyl (C=O) groups is 2. The fourth-order valence-electron chi connectivity index (χ4n) is 6.74. The lowest BCUT2D eigenvalue weighted by molar-refractivity contribution is -0.139. The van der Waals surface area contributed by atoms with Crippen molar-refractivity contribution in [3.63, 3.8) is 0 Å². The molecule has 1 aromatic carbocycles. The first-order valence-corrected chi connectivity index (χ1v) is 15.8. The van der Waals surface area contributed by atoms with Gasteiger partial charge >= 0.3 is 0 Å². The van der Waals surface area contributed by atoms with Gasteiger partial charge in [0.15, 0.2) is 0 Å². The first-order chi connectivity index (χ1) is 21.0. The second kappa shape index (κ2) is 13.4. The van der Waals surface area contributed by atoms with Crippen LogP contribution in [0, 0.1) is 11.7 Å². The summed E-state index contributed by atoms with van der Waals surface area (Å²) in [5, 5.41) is 6.32. The van der Waals surface area contributed by atoms with E-state index in [0.29, 0.717) is 29.5 Å². The van der Waals surface area contributed by atoms with Crippen LogP contribution in [0.15, 0.2) is 36.5 Å². The third kappa shape index (κ3) is 6.83. The van der Waals surface area contributed by atoms with Gasteiger partial charge in [-0.15, -0.1) is 0 Å². The van der Waals surface area contributed by atoms with Crippen molar-refractivity contribution in [2.75, 3.05) is 51.2 Å². The summed E-state index contributed by atoms with van der Waals surface area (Å²) in [6, 6.07) is 7.61. The number of imidazole rings is 1. The summed E-state index contributed by atoms with van der Waals surface area (Å²) in [6.07, 6.45) is 8.58. The summed E-state index contributed by atoms with van der Waals surface area (Å²) in [4.78, 5) is 40.3. The number of rotatable bonds is 8. The van der Waals surface area contributed by atoms with E-state index in [9.17, 15) is 14.0 Å². The van der Waals surface area contributed by atoms with Crippen molar-refractivity contribution in [2.45, 2.75) is 64.0 Å². The lowest BCUT2D eigenvalue weighted by Crippen LogP contribution is -2.54. The standard InChI is InChI=1S/C32H42FN7O3/c1-22-20-34-13-16-39(22)31(42)24-7-11-26(12-8-24)40-28-19-29(43-18-17-38-14-3-2-4-15-38)35-21-27(28)36-32(40)37-30(41)23-5-9-25(33)10-6-23/h5-6,9-10,19,21-22,24,26,34H,2-4,7-8,11-18,20H2,1H3,(H,36,37,41)/t22-,24?,26?/m1/s1. The monoisotopic (exact) mass is 591 g/mol. The quantitative estimate of drug-likeness (QED) is 0.404. The number of piperazine rings is 1. The number of fused-ring (bicyclic) bond motifs is 1. The molecule has 2 amide bonds. The van der Waals surface area contributed by atoms with Crippen molar-refractivity contribution in [1.29, 1.82) is 0 Å². The molecule has 0 bridgehead atoms. The first kappa shape index (κ1) is 29.5. The minimum absolute atomic E-state index is 0.000750. The molecular weight excluding hydrogens is 549 g/mol. The molecule has 3 aliphatic rings. The zero-order valence-electron chi connectivity index (χ0n) is 24.9. The Balaban J connectivity index is 1.21. The number of ether oxygens (including phenoxy) is 1. The number of likely N-dealkylation sites (tertiary alicyclic amines) is 1. The number of nitrogens with one attached hydrogen (secondary N) is 2. The molecule has 3 aromatic rings. The number of piperidine rings is 1. The zero-order chi connectivity index (χ0) is 29.8. The predicted molar refractivity (Wildman–Crippen MR) is 163 cm³/mol. The lowest BCUT2D eigenvalue weighted by Gasteiger charge is -2.38. The number of amides is 2. The molecule has 43 heavy (non-hydrogen) atoms. The highest BCUT2D eigenvalue weighted by Crippen LogP contribution is 2.38. The Kier molecular flexibility index (Phi) is 9.18. The average molecular weight is 592 g/mol. The molecule has 2 N–H and O–H groups in total. The number of hydrogen-bond donors (Lipinski definition) is 2. The maximum Gasteiger partial charge on any atom is 0.257 e. The molecule has 1 aliphatic carbocycles. The number of carbonyl (C=O) groups excluding carboxylic acids is 2. The van der Waals surface area contributed by atoms with Crippen LogP contribution >= 0.6 is 0 Å². The largest absolute Gasteiger partial charge is 0.476 e. The topological polar surface area (TPSA) is 105 Å². The van der Waals surface area contributed by atoms with Crippen molar-refractivity contribution in [3.05, 3.63) is 47.9 Å². The highest BCUT2D eigenvalue weighted by Gasteiger charge is 2.34. The van der Waals surface area contributed by atoms with Crippen molar-refractivity contribution >= 4 is 28.8 Å². The number of benzene rings is 1. The smallest absolute Gasteiger partial charge is 0.257 e. The normalized spacial score (nSPS) is 23.3. The molecule has 3 fully saturated rings. The van der Waals surface area contributed by atoms with Crippen LogP contribution in [0.5, 0.6) is 5.88 Å². The maximum absolute atomic E-state index is 13.5. The van der Waals surface area contributed by atoms with Crippen molar-refractivity contribution in [1.82, 2.24) is 29.7 Å². The summed E-state index contributed by atoms with van der Waals surface area (Å²) in [5.74, 6) is 0.435. The number of nitrogens with zero attached hydrogens (tertiary/aromatic N) is 5. The Hall–Kier alpha value is -3.57. The number of aromatic nitrogens is 3. The van der Waals surface area contributed by atoms with E-state index >= 15 is 0 Å². The van der Waals surface area contributed by atoms with Crippen molar-refractivity contribution in [3.8, 4) is 5.88 Å². The summed E-state index contributed by atoms with van der Waals surface area (Å²) >= 11 is 0. The Morgan fingerprint density at radius 3 is 2.58 bits per heavy atom. The van der Waals surface area contributed by atoms with E-state index in [1.165, 1.54) is 43.5 Å². The Morgan fingerprint density at radius 2 is 1.84 bits per heavy atom. The molecule has 1 atom stereocenters. The molecule has 230 valence electrons. The molecule has 0 unspecified atom stereocenters. The van der Waals surface area contributed by atoms with Gasteiger partial charge in [-0.05, 0) is 82.8 Å². The molecule has 2 aromatic heterocycles. The Morgan fingerprint density at radius 1 is 1.07 bits per heavy atom. The van der Waals surface area contributed by atoms with Gasteiger partial charge in [-0.3, -0.25) is 19.8 Å². The maximum atomic E-state index is 13.5. The van der Waals surface area contributed by atoms with Crippen LogP contribution in [0.3, 0.4) is 0 Å². The van der Waals surface area contributed by atoms with Gasteiger partial charge in [-0.1, -0.05) is 6.42 Å². The second-order valence-electron chi connectivity index (χ2n) is 12.1. The molecule has 2 aliphatic heterocycles. The van der Waals surface area contributed by atoms with Gasteiger partial charge in [-0.2, -0.15) is 0 Å². The van der Waals surface area contributed by atoms with Crippen LogP contribution in [-0.4, -0.2) is 88.1 Å². The second-order valence-corrected chi connectivity index (χ2v) is 12.1. The Bertz CT molecular complexity index is 1410. The van der Waals surface area contributed by atoms with Crippen LogP contribution in [-0.2, 0) is 4.79 Å². The molecule has 2 saturated heterocycles. The number of anilines is 1. The summed E-state index contributed by atoms with van der Waals surface area (Å²) in [7, 11) is 0. The highest BCUT2D eigenvalue weighted by molar-refractivity contribution is 6.04. The summed E-state index contributed by atoms with van der Waals surface area (Å²) < 4.78 is 21.6. The van der Waals surface area contributed by atoms with Gasteiger partial charge in [0.25, 0.3) is 5.91 Å². The average Bonchev–Trinajstić information content (AvgIpc) is 3.39. The fourth-order valence-corrected chi connectivity index (χ4v) is 6.74. The molecule has 0 spiro atoms. The van der Waals surface area contributed by atoms with Gasteiger partial charge in [0.2, 0.25) is 17.7 Å². The van der Waals surface area contributed by atoms with Crippen molar-refractivity contribution < 1.29 is 18.7 Å². The van der Waals surface area contributed by atoms with E-state index in [-0.39, 0.29) is 29.8 Å². The third-order valence-electron chi connectivity index (χ3n) is 9.18. The van der Waals surface area contributed by atoms with Gasteiger partial charge in [0.1, 0.15) is 17.9 Å². The number of pyridine rings is 1. The van der Waals surface area contributed by atoms with Gasteiger partial charge in [0, 0.05) is 55.8 Å². The van der Waals surface area contributed by atoms with E-state index in [4.69, 9.17) is 9.72 Å². The summed E-state index contributed by atoms with van der Waals surface area (Å²) in [5.41, 5.74) is 1.84. The number of halogens is 1. The minimum Gasteiger partial charge on any atom is -0.476 e. The van der Waals surface area contributed by atoms with Crippen LogP contribution in [0.2, 0.25) is 0 Å². The van der Waals surface area contributed by atoms with E-state index < -0.39 is 5.82 Å². The van der Waals surface area contributed by atoms with Gasteiger partial charge in [0.05, 0.1) is 11.7 Å². The van der Waals surface area contributed by atoms with Crippen LogP contribution in [0.25, 0.3) is 11.0 Å². The van der Waals surface area contributed by atoms with E-state index in [0.717, 1.165) is 70.5 Å². The molecule has 6 rings (SSSR count). The lowest BCUT2D eigenvalue weighted by atomic mass is 9.84. The van der Waals surface area contributed by atoms with Crippen LogP contribution in [0.1, 0.15) is 68.3 Å². The van der Waals surface area contributed by atoms with Crippen molar-refractivity contribution in [2.24, 2.45) is 5.92 Å². The number of hydrogen-bond acceptors (Lipinski definition) is 7. The molecule has 10 nitrogen and oxygen atoms in total. The molecule has 1 saturated carbocycles. The molecule has 0 radical (unpaired) electrons. The summed E-state index contributed by atoms with van der Waals surface area (Å²) in [6.45, 7) is 8.15. The Labute approximate surface area is 252 Å². The first-order valence-electron chi connectivity index (χ1n) is 15.8. The zero-order valence-corrected chi connectivity index (χ0v) is 24.9. The predicted octanol–water partition coefficient (Wildman–Crippen LogP) is 4.24. The SMILES string of the molecule is C[C@@H]1CNCCN1C(=O)C1CCC(n2c(NC(=O)c3ccc(F)cc3)nc3cnc(OCCN4CCCCC4)cc32)CC1. The molecular formula is C32H42FN7O3.